The van der Waals surface area contributed by atoms with Crippen molar-refractivity contribution in [2.75, 3.05) is 37.4 Å². The molecule has 0 aliphatic carbocycles. The fourth-order valence-corrected chi connectivity index (χ4v) is 2.55. The summed E-state index contributed by atoms with van der Waals surface area (Å²) in [6.45, 7) is 1.85. The van der Waals surface area contributed by atoms with E-state index < -0.39 is 5.97 Å². The Balaban J connectivity index is 2.27. The first-order chi connectivity index (χ1) is 9.17. The number of nitrogen functional groups attached to an aromatic ring is 1. The second kappa shape index (κ2) is 5.93. The number of ether oxygens (including phenoxy) is 1. The van der Waals surface area contributed by atoms with Crippen molar-refractivity contribution in [1.82, 2.24) is 0 Å². The van der Waals surface area contributed by atoms with Crippen molar-refractivity contribution >= 4 is 17.3 Å². The van der Waals surface area contributed by atoms with Gasteiger partial charge in [-0.25, -0.2) is 4.79 Å². The molecular weight excluding hydrogens is 244 g/mol. The first-order valence-electron chi connectivity index (χ1n) is 6.50. The molecular formula is C14H20N2O3. The molecule has 1 heterocycles. The number of nitrogens with zero attached hydrogens (tertiary/aromatic N) is 1. The van der Waals surface area contributed by atoms with Gasteiger partial charge in [-0.05, 0) is 30.9 Å². The first-order valence-corrected chi connectivity index (χ1v) is 6.50. The van der Waals surface area contributed by atoms with Crippen molar-refractivity contribution in [1.29, 1.82) is 0 Å². The molecule has 0 spiro atoms. The van der Waals surface area contributed by atoms with Gasteiger partial charge in [0.25, 0.3) is 0 Å². The summed E-state index contributed by atoms with van der Waals surface area (Å²) in [6.07, 6.45) is 2.05. The molecule has 0 radical (unpaired) electrons. The number of carbonyl (C=O) groups is 1. The van der Waals surface area contributed by atoms with Gasteiger partial charge in [0.1, 0.15) is 0 Å². The van der Waals surface area contributed by atoms with Gasteiger partial charge in [-0.1, -0.05) is 6.07 Å². The molecule has 3 N–H and O–H groups in total. The number of esters is 1. The van der Waals surface area contributed by atoms with Gasteiger partial charge in [0.2, 0.25) is 0 Å². The second-order valence-corrected chi connectivity index (χ2v) is 4.87. The van der Waals surface area contributed by atoms with E-state index in [4.69, 9.17) is 10.5 Å². The molecule has 0 amide bonds. The van der Waals surface area contributed by atoms with Crippen molar-refractivity contribution in [3.05, 3.63) is 23.8 Å². The van der Waals surface area contributed by atoms with Crippen LogP contribution in [0.25, 0.3) is 0 Å². The van der Waals surface area contributed by atoms with Gasteiger partial charge in [-0.2, -0.15) is 0 Å². The lowest BCUT2D eigenvalue weighted by molar-refractivity contribution is 0.0602. The lowest BCUT2D eigenvalue weighted by atomic mass is 9.98. The van der Waals surface area contributed by atoms with E-state index in [-0.39, 0.29) is 12.5 Å². The van der Waals surface area contributed by atoms with Crippen LogP contribution in [0.4, 0.5) is 11.4 Å². The van der Waals surface area contributed by atoms with E-state index >= 15 is 0 Å². The average molecular weight is 264 g/mol. The molecule has 0 bridgehead atoms. The molecule has 0 aromatic heterocycles. The normalized spacial score (nSPS) is 19.3. The van der Waals surface area contributed by atoms with E-state index in [1.165, 1.54) is 7.11 Å². The third-order valence-electron chi connectivity index (χ3n) is 3.61. The number of rotatable bonds is 3. The number of hydrogen-bond donors (Lipinski definition) is 2. The first kappa shape index (κ1) is 13.7. The molecule has 1 fully saturated rings. The largest absolute Gasteiger partial charge is 0.465 e. The van der Waals surface area contributed by atoms with Crippen molar-refractivity contribution in [3.63, 3.8) is 0 Å². The predicted molar refractivity (Wildman–Crippen MR) is 74.2 cm³/mol. The van der Waals surface area contributed by atoms with E-state index in [9.17, 15) is 9.90 Å². The highest BCUT2D eigenvalue weighted by Crippen LogP contribution is 2.30. The Morgan fingerprint density at radius 3 is 3.05 bits per heavy atom. The highest BCUT2D eigenvalue weighted by molar-refractivity contribution is 5.98. The molecule has 1 unspecified atom stereocenters. The minimum atomic E-state index is -0.421. The van der Waals surface area contributed by atoms with Crippen molar-refractivity contribution in [3.8, 4) is 0 Å². The summed E-state index contributed by atoms with van der Waals surface area (Å²) in [5.74, 6) is -0.148. The topological polar surface area (TPSA) is 75.8 Å². The van der Waals surface area contributed by atoms with Gasteiger partial charge in [-0.15, -0.1) is 0 Å². The smallest absolute Gasteiger partial charge is 0.340 e. The number of aliphatic hydroxyl groups is 1. The summed E-state index contributed by atoms with van der Waals surface area (Å²) in [6, 6.07) is 5.38. The number of para-hydroxylation sites is 1. The number of methoxy groups -OCH3 is 1. The summed E-state index contributed by atoms with van der Waals surface area (Å²) in [4.78, 5) is 13.8. The lowest BCUT2D eigenvalue weighted by Gasteiger charge is -2.34. The average Bonchev–Trinajstić information content (AvgIpc) is 2.46. The maximum Gasteiger partial charge on any atom is 0.340 e. The summed E-state index contributed by atoms with van der Waals surface area (Å²) in [5.41, 5.74) is 7.77. The van der Waals surface area contributed by atoms with Gasteiger partial charge in [0.15, 0.2) is 0 Å². The number of benzene rings is 1. The molecule has 104 valence electrons. The van der Waals surface area contributed by atoms with Crippen LogP contribution >= 0.6 is 0 Å². The standard InChI is InChI=1S/C14H20N2O3/c1-19-14(18)11-5-2-6-12(13(11)15)16-7-3-4-10(8-16)9-17/h2,5-6,10,17H,3-4,7-9,15H2,1H3. The predicted octanol–water partition coefficient (Wildman–Crippen LogP) is 1.26. The van der Waals surface area contributed by atoms with Crippen LogP contribution in [0.1, 0.15) is 23.2 Å². The van der Waals surface area contributed by atoms with Crippen LogP contribution in [0.2, 0.25) is 0 Å². The molecule has 5 heteroatoms. The Bertz CT molecular complexity index is 462. The molecule has 1 aromatic rings. The van der Waals surface area contributed by atoms with Crippen LogP contribution in [0.15, 0.2) is 18.2 Å². The van der Waals surface area contributed by atoms with E-state index in [0.717, 1.165) is 31.6 Å². The van der Waals surface area contributed by atoms with E-state index in [0.29, 0.717) is 11.3 Å². The molecule has 1 aliphatic rings. The van der Waals surface area contributed by atoms with Crippen molar-refractivity contribution in [2.24, 2.45) is 5.92 Å². The van der Waals surface area contributed by atoms with Crippen LogP contribution in [0, 0.1) is 5.92 Å². The minimum Gasteiger partial charge on any atom is -0.465 e. The number of nitrogens with two attached hydrogens (primary N) is 1. The maximum absolute atomic E-state index is 11.6. The zero-order chi connectivity index (χ0) is 13.8. The Kier molecular flexibility index (Phi) is 4.27. The zero-order valence-corrected chi connectivity index (χ0v) is 11.1. The summed E-state index contributed by atoms with van der Waals surface area (Å²) in [7, 11) is 1.34. The van der Waals surface area contributed by atoms with Crippen LogP contribution in [-0.4, -0.2) is 37.9 Å². The molecule has 0 saturated carbocycles. The van der Waals surface area contributed by atoms with Crippen LogP contribution in [0.3, 0.4) is 0 Å². The van der Waals surface area contributed by atoms with Gasteiger partial charge in [0.05, 0.1) is 24.0 Å². The highest BCUT2D eigenvalue weighted by Gasteiger charge is 2.22. The summed E-state index contributed by atoms with van der Waals surface area (Å²) in [5, 5.41) is 9.27. The van der Waals surface area contributed by atoms with Crippen LogP contribution < -0.4 is 10.6 Å². The fourth-order valence-electron chi connectivity index (χ4n) is 2.55. The lowest BCUT2D eigenvalue weighted by Crippen LogP contribution is -2.37. The molecule has 5 nitrogen and oxygen atoms in total. The third kappa shape index (κ3) is 2.81. The Hall–Kier alpha value is -1.75. The SMILES string of the molecule is COC(=O)c1cccc(N2CCCC(CO)C2)c1N. The number of carbonyl (C=O) groups excluding carboxylic acids is 1. The summed E-state index contributed by atoms with van der Waals surface area (Å²) >= 11 is 0. The van der Waals surface area contributed by atoms with E-state index in [1.54, 1.807) is 12.1 Å². The van der Waals surface area contributed by atoms with Crippen molar-refractivity contribution < 1.29 is 14.6 Å². The molecule has 1 atom stereocenters. The third-order valence-corrected chi connectivity index (χ3v) is 3.61. The minimum absolute atomic E-state index is 0.188. The van der Waals surface area contributed by atoms with Gasteiger partial charge >= 0.3 is 5.97 Å². The monoisotopic (exact) mass is 264 g/mol. The number of anilines is 2. The number of piperidine rings is 1. The van der Waals surface area contributed by atoms with Crippen LogP contribution in [0.5, 0.6) is 0 Å². The molecule has 1 aliphatic heterocycles. The van der Waals surface area contributed by atoms with Gasteiger partial charge in [0, 0.05) is 19.7 Å². The zero-order valence-electron chi connectivity index (χ0n) is 11.1. The van der Waals surface area contributed by atoms with E-state index in [1.807, 2.05) is 6.07 Å². The Morgan fingerprint density at radius 1 is 1.58 bits per heavy atom. The Morgan fingerprint density at radius 2 is 2.37 bits per heavy atom. The molecule has 19 heavy (non-hydrogen) atoms. The number of aliphatic hydroxyl groups excluding tert-OH is 1. The fraction of sp³-hybridized carbons (Fsp3) is 0.500. The molecule has 1 aromatic carbocycles. The second-order valence-electron chi connectivity index (χ2n) is 4.87. The van der Waals surface area contributed by atoms with Crippen molar-refractivity contribution in [2.45, 2.75) is 12.8 Å². The quantitative estimate of drug-likeness (QED) is 0.635. The Labute approximate surface area is 113 Å². The summed E-state index contributed by atoms with van der Waals surface area (Å²) < 4.78 is 4.72. The molecule has 2 rings (SSSR count). The van der Waals surface area contributed by atoms with Gasteiger partial charge < -0.3 is 20.5 Å². The van der Waals surface area contributed by atoms with Crippen LogP contribution in [-0.2, 0) is 4.74 Å². The molecule has 1 saturated heterocycles. The maximum atomic E-state index is 11.6. The highest BCUT2D eigenvalue weighted by atomic mass is 16.5. The number of hydrogen-bond acceptors (Lipinski definition) is 5. The van der Waals surface area contributed by atoms with E-state index in [2.05, 4.69) is 4.90 Å². The van der Waals surface area contributed by atoms with Gasteiger partial charge in [-0.3, -0.25) is 0 Å².